The van der Waals surface area contributed by atoms with Gasteiger partial charge in [-0.3, -0.25) is 0 Å². The number of rotatable bonds is 5. The highest BCUT2D eigenvalue weighted by Gasteiger charge is 1.99. The molecule has 1 aromatic carbocycles. The highest BCUT2D eigenvalue weighted by molar-refractivity contribution is 5.87. The van der Waals surface area contributed by atoms with Crippen molar-refractivity contribution < 1.29 is 14.3 Å². The van der Waals surface area contributed by atoms with Crippen molar-refractivity contribution in [2.45, 2.75) is 13.3 Å². The largest absolute Gasteiger partial charge is 0.496 e. The summed E-state index contributed by atoms with van der Waals surface area (Å²) in [4.78, 5) is 11.2. The Morgan fingerprint density at radius 3 is 2.81 bits per heavy atom. The van der Waals surface area contributed by atoms with Gasteiger partial charge in [0.1, 0.15) is 5.75 Å². The summed E-state index contributed by atoms with van der Waals surface area (Å²) in [6, 6.07) is 7.49. The summed E-state index contributed by atoms with van der Waals surface area (Å²) in [5, 5.41) is 0. The molecule has 0 N–H and O–H groups in total. The number of hydrogen-bond donors (Lipinski definition) is 0. The molecule has 0 bridgehead atoms. The van der Waals surface area contributed by atoms with E-state index in [1.165, 1.54) is 6.08 Å². The van der Waals surface area contributed by atoms with Gasteiger partial charge in [0.15, 0.2) is 0 Å². The Balaban J connectivity index is 2.64. The van der Waals surface area contributed by atoms with E-state index >= 15 is 0 Å². The van der Waals surface area contributed by atoms with E-state index < -0.39 is 0 Å². The molecule has 86 valence electrons. The maximum absolute atomic E-state index is 11.2. The first kappa shape index (κ1) is 12.3. The first-order chi connectivity index (χ1) is 7.77. The zero-order valence-electron chi connectivity index (χ0n) is 9.60. The van der Waals surface area contributed by atoms with Crippen LogP contribution in [0.2, 0.25) is 0 Å². The molecule has 16 heavy (non-hydrogen) atoms. The van der Waals surface area contributed by atoms with E-state index in [2.05, 4.69) is 0 Å². The van der Waals surface area contributed by atoms with Crippen LogP contribution in [0.3, 0.4) is 0 Å². The Morgan fingerprint density at radius 2 is 2.12 bits per heavy atom. The molecule has 0 fully saturated rings. The second-order valence-electron chi connectivity index (χ2n) is 3.24. The van der Waals surface area contributed by atoms with Crippen molar-refractivity contribution in [2.24, 2.45) is 0 Å². The number of methoxy groups -OCH3 is 1. The first-order valence-corrected chi connectivity index (χ1v) is 5.25. The molecule has 1 rings (SSSR count). The molecular weight excluding hydrogens is 204 g/mol. The molecule has 0 atom stereocenters. The van der Waals surface area contributed by atoms with Crippen LogP contribution in [0.1, 0.15) is 18.9 Å². The smallest absolute Gasteiger partial charge is 0.330 e. The molecule has 0 unspecified atom stereocenters. The van der Waals surface area contributed by atoms with Crippen molar-refractivity contribution in [1.29, 1.82) is 0 Å². The average Bonchev–Trinajstić information content (AvgIpc) is 2.34. The number of ether oxygens (including phenoxy) is 2. The van der Waals surface area contributed by atoms with Crippen molar-refractivity contribution in [1.82, 2.24) is 0 Å². The third-order valence-electron chi connectivity index (χ3n) is 1.99. The molecule has 0 aliphatic carbocycles. The summed E-state index contributed by atoms with van der Waals surface area (Å²) in [5.74, 6) is 0.412. The van der Waals surface area contributed by atoms with Crippen LogP contribution in [0, 0.1) is 0 Å². The Labute approximate surface area is 95.7 Å². The molecule has 0 radical (unpaired) electrons. The number of esters is 1. The van der Waals surface area contributed by atoms with E-state index in [4.69, 9.17) is 9.47 Å². The second-order valence-corrected chi connectivity index (χ2v) is 3.24. The third-order valence-corrected chi connectivity index (χ3v) is 1.99. The fourth-order valence-corrected chi connectivity index (χ4v) is 1.21. The fraction of sp³-hybridized carbons (Fsp3) is 0.308. The van der Waals surface area contributed by atoms with Crippen LogP contribution < -0.4 is 4.74 Å². The Kier molecular flexibility index (Phi) is 5.12. The van der Waals surface area contributed by atoms with Gasteiger partial charge < -0.3 is 9.47 Å². The van der Waals surface area contributed by atoms with Crippen molar-refractivity contribution in [3.63, 3.8) is 0 Å². The van der Waals surface area contributed by atoms with Gasteiger partial charge in [0.2, 0.25) is 0 Å². The van der Waals surface area contributed by atoms with E-state index in [0.29, 0.717) is 6.61 Å². The van der Waals surface area contributed by atoms with Crippen molar-refractivity contribution in [3.05, 3.63) is 35.9 Å². The standard InChI is InChI=1S/C13H16O3/c1-3-10-16-13(14)9-8-11-6-4-5-7-12(11)15-2/h4-9H,3,10H2,1-2H3/b9-8+. The van der Waals surface area contributed by atoms with Crippen LogP contribution in [0.4, 0.5) is 0 Å². The topological polar surface area (TPSA) is 35.5 Å². The number of carbonyl (C=O) groups is 1. The van der Waals surface area contributed by atoms with Gasteiger partial charge in [-0.25, -0.2) is 4.79 Å². The third kappa shape index (κ3) is 3.77. The molecule has 0 saturated carbocycles. The van der Waals surface area contributed by atoms with E-state index in [1.54, 1.807) is 13.2 Å². The summed E-state index contributed by atoms with van der Waals surface area (Å²) in [5.41, 5.74) is 0.860. The van der Waals surface area contributed by atoms with Crippen LogP contribution in [-0.4, -0.2) is 19.7 Å². The lowest BCUT2D eigenvalue weighted by atomic mass is 10.2. The Morgan fingerprint density at radius 1 is 1.38 bits per heavy atom. The van der Waals surface area contributed by atoms with Gasteiger partial charge in [-0.2, -0.15) is 0 Å². The molecule has 0 spiro atoms. The molecule has 0 saturated heterocycles. The van der Waals surface area contributed by atoms with Gasteiger partial charge in [0.25, 0.3) is 0 Å². The minimum atomic E-state index is -0.326. The van der Waals surface area contributed by atoms with E-state index in [1.807, 2.05) is 31.2 Å². The van der Waals surface area contributed by atoms with Gasteiger partial charge in [0.05, 0.1) is 13.7 Å². The summed E-state index contributed by atoms with van der Waals surface area (Å²) in [6.45, 7) is 2.41. The summed E-state index contributed by atoms with van der Waals surface area (Å²) >= 11 is 0. The van der Waals surface area contributed by atoms with Gasteiger partial charge in [-0.05, 0) is 18.6 Å². The molecule has 0 aliphatic heterocycles. The lowest BCUT2D eigenvalue weighted by molar-refractivity contribution is -0.137. The van der Waals surface area contributed by atoms with Gasteiger partial charge >= 0.3 is 5.97 Å². The minimum absolute atomic E-state index is 0.326. The van der Waals surface area contributed by atoms with E-state index in [0.717, 1.165) is 17.7 Å². The van der Waals surface area contributed by atoms with Crippen LogP contribution in [0.15, 0.2) is 30.3 Å². The van der Waals surface area contributed by atoms with Crippen LogP contribution >= 0.6 is 0 Å². The Bertz CT molecular complexity index is 369. The molecule has 3 nitrogen and oxygen atoms in total. The first-order valence-electron chi connectivity index (χ1n) is 5.25. The van der Waals surface area contributed by atoms with Gasteiger partial charge in [-0.1, -0.05) is 25.1 Å². The molecule has 0 heterocycles. The van der Waals surface area contributed by atoms with Crippen molar-refractivity contribution >= 4 is 12.0 Å². The molecular formula is C13H16O3. The number of benzene rings is 1. The van der Waals surface area contributed by atoms with Crippen molar-refractivity contribution in [3.8, 4) is 5.75 Å². The number of para-hydroxylation sites is 1. The highest BCUT2D eigenvalue weighted by Crippen LogP contribution is 2.18. The minimum Gasteiger partial charge on any atom is -0.496 e. The van der Waals surface area contributed by atoms with Crippen LogP contribution in [0.25, 0.3) is 6.08 Å². The lowest BCUT2D eigenvalue weighted by Crippen LogP contribution is -2.00. The average molecular weight is 220 g/mol. The molecule has 0 aromatic heterocycles. The number of carbonyl (C=O) groups excluding carboxylic acids is 1. The molecule has 0 amide bonds. The quantitative estimate of drug-likeness (QED) is 0.565. The maximum Gasteiger partial charge on any atom is 0.330 e. The zero-order chi connectivity index (χ0) is 11.8. The predicted molar refractivity (Wildman–Crippen MR) is 63.3 cm³/mol. The maximum atomic E-state index is 11.2. The van der Waals surface area contributed by atoms with Crippen LogP contribution in [-0.2, 0) is 9.53 Å². The molecule has 1 aromatic rings. The summed E-state index contributed by atoms with van der Waals surface area (Å²) in [6.07, 6.45) is 3.93. The molecule has 3 heteroatoms. The van der Waals surface area contributed by atoms with Crippen LogP contribution in [0.5, 0.6) is 5.75 Å². The van der Waals surface area contributed by atoms with Gasteiger partial charge in [0, 0.05) is 11.6 Å². The fourth-order valence-electron chi connectivity index (χ4n) is 1.21. The second kappa shape index (κ2) is 6.67. The number of hydrogen-bond acceptors (Lipinski definition) is 3. The van der Waals surface area contributed by atoms with Crippen molar-refractivity contribution in [2.75, 3.05) is 13.7 Å². The van der Waals surface area contributed by atoms with E-state index in [9.17, 15) is 4.79 Å². The highest BCUT2D eigenvalue weighted by atomic mass is 16.5. The van der Waals surface area contributed by atoms with E-state index in [-0.39, 0.29) is 5.97 Å². The normalized spacial score (nSPS) is 10.4. The lowest BCUT2D eigenvalue weighted by Gasteiger charge is -2.03. The monoisotopic (exact) mass is 220 g/mol. The zero-order valence-corrected chi connectivity index (χ0v) is 9.60. The summed E-state index contributed by atoms with van der Waals surface area (Å²) in [7, 11) is 1.60. The SMILES string of the molecule is CCCOC(=O)/C=C/c1ccccc1OC. The summed E-state index contributed by atoms with van der Waals surface area (Å²) < 4.78 is 10.1. The predicted octanol–water partition coefficient (Wildman–Crippen LogP) is 2.66. The molecule has 0 aliphatic rings. The Hall–Kier alpha value is -1.77. The van der Waals surface area contributed by atoms with Gasteiger partial charge in [-0.15, -0.1) is 0 Å².